The Balaban J connectivity index is 0.000000336. The number of hydrogen-bond donors (Lipinski definition) is 11. The highest BCUT2D eigenvalue weighted by Crippen LogP contribution is 2.64. The number of allylic oxidation sites excluding steroid dienone is 5. The standard InChI is InChI=1S/C38H46O9.C19H24N4O2.2C2H6O4S/c1-21(2)11-10-18-36(8)19-17-24-29(39)28-30(40)26-12-9-13-27-35(6,7)47-37(34(43)44,20-16-23(5)33(41)42)38(26,27)46-32(28)25(31(24)45-36)15-14-22(3)4;20-18(21)14-4-8-16(9-5-14)24-12-2-1-3-13-25-17-10-6-15(7-11-17)19(22)23;2*3-1-2-7(4,5)6/h11-12,14,16-17,19,27,39H,9-10,13,15,18,20H2,1-8H3,(H,41,42)(H,43,44);4-11H,1-3,12-13H2,(H3,20,21)(H3,22,23);2*3H,1-2H2,(H,4,5,6). The lowest BCUT2D eigenvalue weighted by Gasteiger charge is -2.50. The number of amidine groups is 2. The number of nitrogens with two attached hydrogens (primary N) is 2. The van der Waals surface area contributed by atoms with Gasteiger partial charge in [-0.1, -0.05) is 35.5 Å². The lowest BCUT2D eigenvalue weighted by atomic mass is 9.60. The number of aliphatic hydroxyl groups excluding tert-OH is 2. The van der Waals surface area contributed by atoms with E-state index in [1.165, 1.54) is 18.6 Å². The quantitative estimate of drug-likeness (QED) is 0.0106. The summed E-state index contributed by atoms with van der Waals surface area (Å²) in [7, 11) is -7.85. The molecule has 1 saturated heterocycles. The van der Waals surface area contributed by atoms with E-state index in [-0.39, 0.29) is 46.3 Å². The molecule has 86 heavy (non-hydrogen) atoms. The van der Waals surface area contributed by atoms with Gasteiger partial charge in [-0.25, -0.2) is 9.59 Å². The molecule has 13 N–H and O–H groups in total. The van der Waals surface area contributed by atoms with Crippen LogP contribution in [0.2, 0.25) is 0 Å². The van der Waals surface area contributed by atoms with Crippen LogP contribution in [-0.4, -0.2) is 141 Å². The Kier molecular flexibility index (Phi) is 25.0. The van der Waals surface area contributed by atoms with Gasteiger partial charge in [0.2, 0.25) is 5.60 Å². The number of fused-ring (bicyclic) bond motifs is 2. The zero-order valence-electron chi connectivity index (χ0n) is 49.8. The summed E-state index contributed by atoms with van der Waals surface area (Å²) in [5.74, 6) is -3.00. The van der Waals surface area contributed by atoms with E-state index in [2.05, 4.69) is 6.08 Å². The van der Waals surface area contributed by atoms with Crippen molar-refractivity contribution >= 4 is 55.7 Å². The van der Waals surface area contributed by atoms with Gasteiger partial charge in [0.1, 0.15) is 51.6 Å². The largest absolute Gasteiger partial charge is 0.506 e. The van der Waals surface area contributed by atoms with Gasteiger partial charge < -0.3 is 60.7 Å². The summed E-state index contributed by atoms with van der Waals surface area (Å²) in [6.45, 7) is 15.1. The average molecular weight is 1240 g/mol. The summed E-state index contributed by atoms with van der Waals surface area (Å²) >= 11 is 0. The van der Waals surface area contributed by atoms with Crippen molar-refractivity contribution in [2.45, 2.75) is 136 Å². The van der Waals surface area contributed by atoms with Crippen LogP contribution in [0.1, 0.15) is 139 Å². The van der Waals surface area contributed by atoms with E-state index in [4.69, 9.17) is 65.3 Å². The number of unbranched alkanes of at least 4 members (excludes halogenated alkanes) is 2. The van der Waals surface area contributed by atoms with Crippen LogP contribution in [0, 0.1) is 16.7 Å². The first-order valence-electron chi connectivity index (χ1n) is 27.7. The number of aliphatic hydroxyl groups is 2. The van der Waals surface area contributed by atoms with E-state index < -0.39 is 91.0 Å². The van der Waals surface area contributed by atoms with Crippen LogP contribution in [0.3, 0.4) is 0 Å². The summed E-state index contributed by atoms with van der Waals surface area (Å²) in [4.78, 5) is 40.0. The van der Waals surface area contributed by atoms with Crippen LogP contribution in [0.5, 0.6) is 28.7 Å². The van der Waals surface area contributed by atoms with Gasteiger partial charge in [-0.05, 0) is 167 Å². The fourth-order valence-electron chi connectivity index (χ4n) is 10.1. The molecule has 3 aromatic carbocycles. The van der Waals surface area contributed by atoms with Crippen LogP contribution in [0.25, 0.3) is 6.08 Å². The first kappa shape index (κ1) is 71.1. The summed E-state index contributed by atoms with van der Waals surface area (Å²) < 4.78 is 85.7. The lowest BCUT2D eigenvalue weighted by Crippen LogP contribution is -2.66. The number of benzene rings is 3. The molecule has 0 bridgehead atoms. The number of carboxylic acids is 2. The number of aliphatic carboxylic acids is 2. The first-order valence-corrected chi connectivity index (χ1v) is 30.9. The third-order valence-electron chi connectivity index (χ3n) is 14.4. The van der Waals surface area contributed by atoms with Gasteiger partial charge in [0.15, 0.2) is 11.4 Å². The number of nitrogens with one attached hydrogen (secondary N) is 2. The second-order valence-corrected chi connectivity index (χ2v) is 25.3. The van der Waals surface area contributed by atoms with E-state index in [0.29, 0.717) is 66.9 Å². The smallest absolute Gasteiger partial charge is 0.340 e. The van der Waals surface area contributed by atoms with Crippen LogP contribution < -0.4 is 30.4 Å². The Morgan fingerprint density at radius 2 is 1.27 bits per heavy atom. The number of nitrogen functional groups attached to an aromatic ring is 2. The molecule has 7 rings (SSSR count). The Morgan fingerprint density at radius 3 is 1.70 bits per heavy atom. The van der Waals surface area contributed by atoms with Crippen molar-refractivity contribution < 1.29 is 89.5 Å². The van der Waals surface area contributed by atoms with Gasteiger partial charge in [-0.3, -0.25) is 24.7 Å². The monoisotopic (exact) mass is 1240 g/mol. The zero-order valence-corrected chi connectivity index (χ0v) is 51.4. The molecule has 4 aliphatic rings. The molecule has 23 nitrogen and oxygen atoms in total. The van der Waals surface area contributed by atoms with E-state index >= 15 is 0 Å². The molecule has 4 unspecified atom stereocenters. The highest BCUT2D eigenvalue weighted by molar-refractivity contribution is 7.86. The molecule has 1 aliphatic carbocycles. The first-order chi connectivity index (χ1) is 40.1. The van der Waals surface area contributed by atoms with Gasteiger partial charge in [0.05, 0.1) is 49.1 Å². The third-order valence-corrected chi connectivity index (χ3v) is 15.8. The number of hydrogen-bond acceptors (Lipinski definition) is 17. The molecule has 3 aromatic rings. The van der Waals surface area contributed by atoms with Crippen LogP contribution >= 0.6 is 0 Å². The fraction of sp³-hybridized carbons (Fsp3) is 0.459. The predicted octanol–water partition coefficient (Wildman–Crippen LogP) is 8.13. The summed E-state index contributed by atoms with van der Waals surface area (Å²) in [5.41, 5.74) is 9.54. The van der Waals surface area contributed by atoms with Crippen molar-refractivity contribution in [2.24, 2.45) is 17.4 Å². The Hall–Kier alpha value is -7.39. The normalized spacial score (nSPS) is 20.4. The SMILES string of the molecule is CC(C)=CCCC1(C)C=Cc2c(O)c3c(c(CC=C(C)C)c2O1)OC12C(=CCCC1C(C)(C)OC2(CC=C(C)C(=O)O)C(=O)O)C3=O.N=C(N)c1ccc(OCCCCCOc2ccc(C(=N)N)cc2)cc1.O=S(=O)(O)CCO.O=S(=O)(O)CCO. The molecule has 1 spiro atoms. The van der Waals surface area contributed by atoms with Crippen molar-refractivity contribution in [3.63, 3.8) is 0 Å². The van der Waals surface area contributed by atoms with Crippen molar-refractivity contribution in [1.82, 2.24) is 0 Å². The maximum absolute atomic E-state index is 14.7. The second-order valence-electron chi connectivity index (χ2n) is 22.1. The molecule has 3 aliphatic heterocycles. The topological polar surface area (TPSA) is 407 Å². The predicted molar refractivity (Wildman–Crippen MR) is 325 cm³/mol. The molecular weight excluding hydrogens is 1160 g/mol. The van der Waals surface area contributed by atoms with Crippen molar-refractivity contribution in [3.8, 4) is 28.7 Å². The minimum Gasteiger partial charge on any atom is -0.506 e. The number of carboxylic acid groups (broad SMARTS) is 2. The highest BCUT2D eigenvalue weighted by Gasteiger charge is 2.77. The van der Waals surface area contributed by atoms with Gasteiger partial charge in [0.25, 0.3) is 20.2 Å². The molecule has 25 heteroatoms. The third kappa shape index (κ3) is 18.6. The molecule has 1 fully saturated rings. The van der Waals surface area contributed by atoms with E-state index in [0.717, 1.165) is 42.8 Å². The van der Waals surface area contributed by atoms with E-state index in [1.54, 1.807) is 50.3 Å². The second kappa shape index (κ2) is 30.3. The molecule has 0 aromatic heterocycles. The Labute approximate surface area is 502 Å². The van der Waals surface area contributed by atoms with Crippen LogP contribution in [0.15, 0.2) is 101 Å². The number of carbonyl (C=O) groups excluding carboxylic acids is 1. The van der Waals surface area contributed by atoms with Gasteiger partial charge >= 0.3 is 11.9 Å². The average Bonchev–Trinajstić information content (AvgIpc) is 1.42. The number of phenolic OH excluding ortho intramolecular Hbond substituents is 1. The summed E-state index contributed by atoms with van der Waals surface area (Å²) in [6.07, 6.45) is 16.0. The fourth-order valence-corrected chi connectivity index (χ4v) is 10.6. The summed E-state index contributed by atoms with van der Waals surface area (Å²) in [5, 5.41) is 62.8. The highest BCUT2D eigenvalue weighted by atomic mass is 32.2. The molecule has 4 atom stereocenters. The minimum atomic E-state index is -3.92. The Morgan fingerprint density at radius 1 is 0.756 bits per heavy atom. The number of aromatic hydroxyl groups is 1. The number of ketones is 1. The molecule has 472 valence electrons. The van der Waals surface area contributed by atoms with Gasteiger partial charge in [0, 0.05) is 40.2 Å². The maximum atomic E-state index is 14.7. The van der Waals surface area contributed by atoms with E-state index in [1.807, 2.05) is 71.0 Å². The maximum Gasteiger partial charge on any atom is 0.340 e. The van der Waals surface area contributed by atoms with Gasteiger partial charge in [-0.15, -0.1) is 0 Å². The van der Waals surface area contributed by atoms with E-state index in [9.17, 15) is 46.5 Å². The van der Waals surface area contributed by atoms with Gasteiger partial charge in [-0.2, -0.15) is 16.8 Å². The number of phenols is 1. The molecule has 0 saturated carbocycles. The zero-order chi connectivity index (χ0) is 64.6. The number of Topliss-reactive ketones (excluding diaryl/α,β-unsaturated/α-hetero) is 1. The van der Waals surface area contributed by atoms with Crippen molar-refractivity contribution in [3.05, 3.63) is 129 Å². The Bertz CT molecular complexity index is 3250. The molecule has 0 amide bonds. The van der Waals surface area contributed by atoms with Crippen LogP contribution in [-0.2, 0) is 41.0 Å². The molecule has 0 radical (unpaired) electrons. The number of ether oxygens (including phenoxy) is 5. The summed E-state index contributed by atoms with van der Waals surface area (Å²) in [6, 6.07) is 14.4. The minimum absolute atomic E-state index is 0.0407. The molecular formula is C61H82N4O19S2. The van der Waals surface area contributed by atoms with Crippen molar-refractivity contribution in [2.75, 3.05) is 37.9 Å². The molecule has 3 heterocycles. The lowest BCUT2D eigenvalue weighted by molar-refractivity contribution is -0.184. The van der Waals surface area contributed by atoms with Crippen molar-refractivity contribution in [1.29, 1.82) is 10.8 Å². The number of carbonyl (C=O) groups is 3. The van der Waals surface area contributed by atoms with Crippen LogP contribution in [0.4, 0.5) is 0 Å². The number of rotatable bonds is 23.